The minimum absolute atomic E-state index is 0.137. The van der Waals surface area contributed by atoms with E-state index < -0.39 is 0 Å². The number of nitrogens with zero attached hydrogens (tertiary/aromatic N) is 3. The summed E-state index contributed by atoms with van der Waals surface area (Å²) in [6, 6.07) is 5.89. The first kappa shape index (κ1) is 12.7. The van der Waals surface area contributed by atoms with Crippen molar-refractivity contribution in [3.63, 3.8) is 0 Å². The largest absolute Gasteiger partial charge is 0.347 e. The van der Waals surface area contributed by atoms with Crippen LogP contribution in [0, 0.1) is 5.82 Å². The van der Waals surface area contributed by atoms with Crippen LogP contribution in [0.5, 0.6) is 0 Å². The Hall–Kier alpha value is -2.28. The van der Waals surface area contributed by atoms with E-state index in [4.69, 9.17) is 0 Å². The van der Waals surface area contributed by atoms with Gasteiger partial charge in [0.25, 0.3) is 5.91 Å². The van der Waals surface area contributed by atoms with Gasteiger partial charge in [-0.1, -0.05) is 0 Å². The van der Waals surface area contributed by atoms with E-state index in [1.54, 1.807) is 12.1 Å². The Morgan fingerprint density at radius 2 is 2.20 bits per heavy atom. The molecule has 1 aliphatic heterocycles. The van der Waals surface area contributed by atoms with Crippen LogP contribution in [0.3, 0.4) is 0 Å². The molecule has 0 spiro atoms. The molecule has 2 aromatic rings. The third kappa shape index (κ3) is 2.67. The molecule has 1 unspecified atom stereocenters. The van der Waals surface area contributed by atoms with Gasteiger partial charge in [0, 0.05) is 12.6 Å². The van der Waals surface area contributed by atoms with Gasteiger partial charge in [-0.05, 0) is 37.2 Å². The quantitative estimate of drug-likeness (QED) is 0.855. The Kier molecular flexibility index (Phi) is 3.42. The van der Waals surface area contributed by atoms with Crippen molar-refractivity contribution in [3.8, 4) is 5.69 Å². The van der Waals surface area contributed by atoms with Crippen molar-refractivity contribution in [3.05, 3.63) is 42.0 Å². The zero-order chi connectivity index (χ0) is 13.9. The zero-order valence-corrected chi connectivity index (χ0v) is 10.7. The third-order valence-electron chi connectivity index (χ3n) is 3.18. The number of nitrogens with one attached hydrogen (secondary N) is 2. The number of hydrogen-bond donors (Lipinski definition) is 2. The van der Waals surface area contributed by atoms with Crippen LogP contribution in [0.15, 0.2) is 30.5 Å². The summed E-state index contributed by atoms with van der Waals surface area (Å²) in [5.74, 6) is -0.570. The summed E-state index contributed by atoms with van der Waals surface area (Å²) in [4.78, 5) is 13.3. The lowest BCUT2D eigenvalue weighted by Gasteiger charge is -2.08. The van der Waals surface area contributed by atoms with Gasteiger partial charge in [0.05, 0.1) is 11.9 Å². The third-order valence-corrected chi connectivity index (χ3v) is 3.18. The van der Waals surface area contributed by atoms with Gasteiger partial charge in [0.1, 0.15) is 5.82 Å². The molecule has 0 saturated carbocycles. The van der Waals surface area contributed by atoms with Gasteiger partial charge in [-0.2, -0.15) is 9.90 Å². The molecule has 6 nitrogen and oxygen atoms in total. The first-order valence-corrected chi connectivity index (χ1v) is 6.42. The molecule has 1 saturated heterocycles. The fraction of sp³-hybridized carbons (Fsp3) is 0.308. The maximum atomic E-state index is 12.8. The van der Waals surface area contributed by atoms with Crippen LogP contribution in [-0.2, 0) is 0 Å². The van der Waals surface area contributed by atoms with E-state index in [-0.39, 0.29) is 23.5 Å². The molecular weight excluding hydrogens is 261 g/mol. The molecule has 1 aromatic carbocycles. The van der Waals surface area contributed by atoms with E-state index in [9.17, 15) is 9.18 Å². The normalized spacial score (nSPS) is 18.1. The lowest BCUT2D eigenvalue weighted by Crippen LogP contribution is -2.36. The molecule has 1 aliphatic rings. The molecule has 0 bridgehead atoms. The highest BCUT2D eigenvalue weighted by Gasteiger charge is 2.19. The first-order chi connectivity index (χ1) is 9.72. The molecule has 0 radical (unpaired) electrons. The summed E-state index contributed by atoms with van der Waals surface area (Å²) in [5, 5.41) is 14.2. The predicted molar refractivity (Wildman–Crippen MR) is 70.1 cm³/mol. The van der Waals surface area contributed by atoms with Crippen LogP contribution in [0.2, 0.25) is 0 Å². The summed E-state index contributed by atoms with van der Waals surface area (Å²) >= 11 is 0. The number of halogens is 1. The molecule has 0 aliphatic carbocycles. The second-order valence-corrected chi connectivity index (χ2v) is 4.66. The van der Waals surface area contributed by atoms with Crippen molar-refractivity contribution in [2.24, 2.45) is 0 Å². The molecule has 2 heterocycles. The van der Waals surface area contributed by atoms with Gasteiger partial charge in [-0.3, -0.25) is 4.79 Å². The van der Waals surface area contributed by atoms with Gasteiger partial charge >= 0.3 is 0 Å². The molecule has 1 fully saturated rings. The number of carbonyl (C=O) groups is 1. The summed E-state index contributed by atoms with van der Waals surface area (Å²) in [6.07, 6.45) is 2.32. The van der Waals surface area contributed by atoms with E-state index in [0.29, 0.717) is 5.69 Å². The number of amides is 1. The zero-order valence-electron chi connectivity index (χ0n) is 10.7. The van der Waals surface area contributed by atoms with Crippen molar-refractivity contribution in [2.45, 2.75) is 12.5 Å². The van der Waals surface area contributed by atoms with Gasteiger partial charge in [-0.15, -0.1) is 5.10 Å². The monoisotopic (exact) mass is 275 g/mol. The minimum atomic E-state index is -0.326. The van der Waals surface area contributed by atoms with E-state index in [1.165, 1.54) is 23.1 Å². The van der Waals surface area contributed by atoms with Crippen molar-refractivity contribution in [2.75, 3.05) is 13.1 Å². The van der Waals surface area contributed by atoms with E-state index in [1.807, 2.05) is 0 Å². The Morgan fingerprint density at radius 1 is 1.40 bits per heavy atom. The molecule has 104 valence electrons. The van der Waals surface area contributed by atoms with Crippen molar-refractivity contribution < 1.29 is 9.18 Å². The summed E-state index contributed by atoms with van der Waals surface area (Å²) < 4.78 is 12.8. The molecule has 3 rings (SSSR count). The molecule has 20 heavy (non-hydrogen) atoms. The smallest absolute Gasteiger partial charge is 0.273 e. The lowest BCUT2D eigenvalue weighted by atomic mass is 10.2. The number of carbonyl (C=O) groups excluding carboxylic acids is 1. The van der Waals surface area contributed by atoms with Crippen molar-refractivity contribution in [1.82, 2.24) is 25.6 Å². The number of benzene rings is 1. The molecule has 2 N–H and O–H groups in total. The van der Waals surface area contributed by atoms with E-state index in [2.05, 4.69) is 20.8 Å². The number of rotatable bonds is 3. The van der Waals surface area contributed by atoms with Crippen LogP contribution < -0.4 is 10.6 Å². The van der Waals surface area contributed by atoms with Crippen LogP contribution in [-0.4, -0.2) is 40.0 Å². The van der Waals surface area contributed by atoms with Crippen LogP contribution in [0.1, 0.15) is 16.9 Å². The van der Waals surface area contributed by atoms with Gasteiger partial charge in [-0.25, -0.2) is 4.39 Å². The fourth-order valence-corrected chi connectivity index (χ4v) is 2.10. The van der Waals surface area contributed by atoms with E-state index in [0.717, 1.165) is 19.5 Å². The van der Waals surface area contributed by atoms with Gasteiger partial charge in [0.2, 0.25) is 0 Å². The Balaban J connectivity index is 1.72. The second-order valence-electron chi connectivity index (χ2n) is 4.66. The molecule has 1 aromatic heterocycles. The second kappa shape index (κ2) is 5.38. The van der Waals surface area contributed by atoms with E-state index >= 15 is 0 Å². The topological polar surface area (TPSA) is 71.8 Å². The van der Waals surface area contributed by atoms with Gasteiger partial charge < -0.3 is 10.6 Å². The average Bonchev–Trinajstić information content (AvgIpc) is 3.10. The predicted octanol–water partition coefficient (Wildman–Crippen LogP) is 0.498. The first-order valence-electron chi connectivity index (χ1n) is 6.42. The average molecular weight is 275 g/mol. The molecule has 1 amide bonds. The van der Waals surface area contributed by atoms with Crippen LogP contribution in [0.4, 0.5) is 4.39 Å². The Morgan fingerprint density at radius 3 is 2.90 bits per heavy atom. The minimum Gasteiger partial charge on any atom is -0.347 e. The maximum absolute atomic E-state index is 12.8. The SMILES string of the molecule is O=C(NC1CCNC1)c1cnn(-c2ccc(F)cc2)n1. The van der Waals surface area contributed by atoms with Crippen LogP contribution in [0.25, 0.3) is 5.69 Å². The summed E-state index contributed by atoms with van der Waals surface area (Å²) in [6.45, 7) is 1.69. The maximum Gasteiger partial charge on any atom is 0.273 e. The molecular formula is C13H14FN5O. The lowest BCUT2D eigenvalue weighted by molar-refractivity contribution is 0.0934. The number of hydrogen-bond acceptors (Lipinski definition) is 4. The van der Waals surface area contributed by atoms with Crippen molar-refractivity contribution >= 4 is 5.91 Å². The van der Waals surface area contributed by atoms with Gasteiger partial charge in [0.15, 0.2) is 5.69 Å². The summed E-state index contributed by atoms with van der Waals surface area (Å²) in [7, 11) is 0. The number of aromatic nitrogens is 3. The molecule has 7 heteroatoms. The fourth-order valence-electron chi connectivity index (χ4n) is 2.10. The molecule has 1 atom stereocenters. The highest BCUT2D eigenvalue weighted by atomic mass is 19.1. The standard InChI is InChI=1S/C13H14FN5O/c14-9-1-3-11(4-2-9)19-16-8-12(18-19)13(20)17-10-5-6-15-7-10/h1-4,8,10,15H,5-7H2,(H,17,20). The Labute approximate surface area is 115 Å². The van der Waals surface area contributed by atoms with Crippen molar-refractivity contribution in [1.29, 1.82) is 0 Å². The van der Waals surface area contributed by atoms with Crippen LogP contribution >= 0.6 is 0 Å². The highest BCUT2D eigenvalue weighted by molar-refractivity contribution is 5.92. The highest BCUT2D eigenvalue weighted by Crippen LogP contribution is 2.07. The Bertz CT molecular complexity index is 603. The summed E-state index contributed by atoms with van der Waals surface area (Å²) in [5.41, 5.74) is 0.856.